The van der Waals surface area contributed by atoms with E-state index in [4.69, 9.17) is 20.0 Å². The van der Waals surface area contributed by atoms with E-state index in [1.165, 1.54) is 6.08 Å². The van der Waals surface area contributed by atoms with Crippen LogP contribution in [0.3, 0.4) is 0 Å². The maximum absolute atomic E-state index is 9.88. The van der Waals surface area contributed by atoms with Gasteiger partial charge >= 0.3 is 0 Å². The zero-order valence-corrected chi connectivity index (χ0v) is 12.9. The zero-order chi connectivity index (χ0) is 17.2. The Morgan fingerprint density at radius 2 is 1.46 bits per heavy atom. The van der Waals surface area contributed by atoms with Crippen molar-refractivity contribution in [3.8, 4) is 23.6 Å². The van der Waals surface area contributed by atoms with Crippen LogP contribution in [0.5, 0.6) is 11.5 Å². The third-order valence-electron chi connectivity index (χ3n) is 3.06. The average Bonchev–Trinajstić information content (AvgIpc) is 2.64. The van der Waals surface area contributed by atoms with Gasteiger partial charge < -0.3 is 14.6 Å². The van der Waals surface area contributed by atoms with Gasteiger partial charge in [0, 0.05) is 0 Å². The fourth-order valence-electron chi connectivity index (χ4n) is 1.87. The summed E-state index contributed by atoms with van der Waals surface area (Å²) in [5.74, 6) is 1.28. The summed E-state index contributed by atoms with van der Waals surface area (Å²) < 4.78 is 10.9. The molecule has 0 aliphatic carbocycles. The average molecular weight is 320 g/mol. The van der Waals surface area contributed by atoms with E-state index in [9.17, 15) is 5.11 Å². The van der Waals surface area contributed by atoms with E-state index < -0.39 is 6.10 Å². The lowest BCUT2D eigenvalue weighted by atomic mass is 10.1. The highest BCUT2D eigenvalue weighted by Gasteiger charge is 2.06. The summed E-state index contributed by atoms with van der Waals surface area (Å²) in [6.45, 7) is 0.238. The van der Waals surface area contributed by atoms with Gasteiger partial charge in [-0.3, -0.25) is 0 Å². The highest BCUT2D eigenvalue weighted by Crippen LogP contribution is 2.15. The van der Waals surface area contributed by atoms with Crippen LogP contribution < -0.4 is 9.47 Å². The minimum absolute atomic E-state index is 0.0390. The van der Waals surface area contributed by atoms with E-state index in [2.05, 4.69) is 0 Å². The Kier molecular flexibility index (Phi) is 6.40. The maximum Gasteiger partial charge on any atom is 0.130 e. The molecule has 2 aromatic rings. The van der Waals surface area contributed by atoms with E-state index in [1.54, 1.807) is 36.4 Å². The summed E-state index contributed by atoms with van der Waals surface area (Å²) >= 11 is 0. The second kappa shape index (κ2) is 8.99. The summed E-state index contributed by atoms with van der Waals surface area (Å²) in [7, 11) is 0. The van der Waals surface area contributed by atoms with Crippen LogP contribution in [0.4, 0.5) is 0 Å². The van der Waals surface area contributed by atoms with Crippen molar-refractivity contribution in [2.24, 2.45) is 0 Å². The molecule has 1 atom stereocenters. The molecule has 0 heterocycles. The van der Waals surface area contributed by atoms with Crippen molar-refractivity contribution < 1.29 is 14.6 Å². The van der Waals surface area contributed by atoms with Crippen molar-refractivity contribution in [2.75, 3.05) is 13.2 Å². The minimum Gasteiger partial charge on any atom is -0.491 e. The fraction of sp³-hybridized carbons (Fsp3) is 0.158. The van der Waals surface area contributed by atoms with Gasteiger partial charge in [-0.25, -0.2) is 0 Å². The van der Waals surface area contributed by atoms with Crippen LogP contribution in [0, 0.1) is 22.7 Å². The number of ether oxygens (including phenoxy) is 2. The molecule has 0 spiro atoms. The lowest BCUT2D eigenvalue weighted by Crippen LogP contribution is -2.25. The highest BCUT2D eigenvalue weighted by atomic mass is 16.5. The van der Waals surface area contributed by atoms with Crippen LogP contribution in [0.25, 0.3) is 6.08 Å². The highest BCUT2D eigenvalue weighted by molar-refractivity contribution is 5.62. The van der Waals surface area contributed by atoms with Crippen LogP contribution in [0.1, 0.15) is 5.56 Å². The molecule has 0 aromatic heterocycles. The molecular formula is C19H16N2O3. The third kappa shape index (κ3) is 5.49. The first-order valence-corrected chi connectivity index (χ1v) is 7.32. The van der Waals surface area contributed by atoms with Crippen LogP contribution in [-0.2, 0) is 0 Å². The Bertz CT molecular complexity index is 740. The Hall–Kier alpha value is -3.28. The Morgan fingerprint density at radius 3 is 2.00 bits per heavy atom. The smallest absolute Gasteiger partial charge is 0.130 e. The van der Waals surface area contributed by atoms with Gasteiger partial charge in [0.2, 0.25) is 0 Å². The first-order valence-electron chi connectivity index (χ1n) is 7.32. The molecule has 0 saturated carbocycles. The minimum atomic E-state index is -0.756. The number of hydrogen-bond donors (Lipinski definition) is 1. The van der Waals surface area contributed by atoms with Gasteiger partial charge in [0.1, 0.15) is 48.5 Å². The molecule has 0 saturated heterocycles. The van der Waals surface area contributed by atoms with Gasteiger partial charge in [0.15, 0.2) is 0 Å². The molecule has 2 rings (SSSR count). The molecule has 0 fully saturated rings. The summed E-state index contributed by atoms with van der Waals surface area (Å²) in [6.07, 6.45) is 0.736. The molecular weight excluding hydrogens is 304 g/mol. The number of allylic oxidation sites excluding steroid dienone is 1. The molecule has 0 aliphatic heterocycles. The number of nitrogens with zero attached hydrogens (tertiary/aromatic N) is 2. The van der Waals surface area contributed by atoms with Gasteiger partial charge in [-0.15, -0.1) is 0 Å². The quantitative estimate of drug-likeness (QED) is 0.793. The Morgan fingerprint density at radius 1 is 0.917 bits per heavy atom. The van der Waals surface area contributed by atoms with E-state index in [0.29, 0.717) is 11.5 Å². The second-order valence-corrected chi connectivity index (χ2v) is 4.94. The van der Waals surface area contributed by atoms with Crippen LogP contribution in [-0.4, -0.2) is 24.4 Å². The predicted octanol–water partition coefficient (Wildman–Crippen LogP) is 2.94. The molecule has 5 nitrogen and oxygen atoms in total. The molecule has 0 aliphatic rings. The molecule has 1 N–H and O–H groups in total. The van der Waals surface area contributed by atoms with Crippen molar-refractivity contribution in [1.82, 2.24) is 0 Å². The van der Waals surface area contributed by atoms with Gasteiger partial charge in [-0.2, -0.15) is 10.5 Å². The lowest BCUT2D eigenvalue weighted by Gasteiger charge is -2.13. The monoisotopic (exact) mass is 320 g/mol. The summed E-state index contributed by atoms with van der Waals surface area (Å²) in [4.78, 5) is 0. The van der Waals surface area contributed by atoms with Crippen LogP contribution >= 0.6 is 0 Å². The largest absolute Gasteiger partial charge is 0.491 e. The SMILES string of the molecule is N#CC(C#N)=Cc1ccc(OCC(O)COc2ccccc2)cc1. The normalized spacial score (nSPS) is 10.8. The van der Waals surface area contributed by atoms with Gasteiger partial charge in [-0.1, -0.05) is 30.3 Å². The van der Waals surface area contributed by atoms with E-state index in [-0.39, 0.29) is 18.8 Å². The summed E-state index contributed by atoms with van der Waals surface area (Å²) in [5, 5.41) is 27.3. The van der Waals surface area contributed by atoms with Gasteiger partial charge in [-0.05, 0) is 35.9 Å². The van der Waals surface area contributed by atoms with Gasteiger partial charge in [0.05, 0.1) is 0 Å². The number of hydrogen-bond acceptors (Lipinski definition) is 5. The van der Waals surface area contributed by atoms with Crippen molar-refractivity contribution in [3.63, 3.8) is 0 Å². The molecule has 2 aromatic carbocycles. The first kappa shape index (κ1) is 17.1. The van der Waals surface area contributed by atoms with Crippen LogP contribution in [0.2, 0.25) is 0 Å². The van der Waals surface area contributed by atoms with Crippen molar-refractivity contribution in [3.05, 3.63) is 65.7 Å². The molecule has 120 valence electrons. The van der Waals surface area contributed by atoms with E-state index >= 15 is 0 Å². The maximum atomic E-state index is 9.88. The molecule has 0 bridgehead atoms. The molecule has 0 radical (unpaired) electrons. The van der Waals surface area contributed by atoms with Crippen molar-refractivity contribution >= 4 is 6.08 Å². The van der Waals surface area contributed by atoms with E-state index in [0.717, 1.165) is 5.56 Å². The zero-order valence-electron chi connectivity index (χ0n) is 12.9. The molecule has 1 unspecified atom stereocenters. The number of rotatable bonds is 7. The topological polar surface area (TPSA) is 86.3 Å². The Balaban J connectivity index is 1.81. The van der Waals surface area contributed by atoms with Crippen LogP contribution in [0.15, 0.2) is 60.2 Å². The van der Waals surface area contributed by atoms with Crippen molar-refractivity contribution in [2.45, 2.75) is 6.10 Å². The van der Waals surface area contributed by atoms with Crippen molar-refractivity contribution in [1.29, 1.82) is 10.5 Å². The number of aliphatic hydroxyl groups is 1. The number of para-hydroxylation sites is 1. The summed E-state index contributed by atoms with van der Waals surface area (Å²) in [5.41, 5.74) is 0.769. The standard InChI is InChI=1S/C19H16N2O3/c20-11-16(12-21)10-15-6-8-19(9-7-15)24-14-17(22)13-23-18-4-2-1-3-5-18/h1-10,17,22H,13-14H2. The predicted molar refractivity (Wildman–Crippen MR) is 89.1 cm³/mol. The molecule has 24 heavy (non-hydrogen) atoms. The summed E-state index contributed by atoms with van der Waals surface area (Å²) in [6, 6.07) is 19.7. The first-order chi connectivity index (χ1) is 11.7. The molecule has 5 heteroatoms. The number of benzene rings is 2. The Labute approximate surface area is 140 Å². The van der Waals surface area contributed by atoms with Gasteiger partial charge in [0.25, 0.3) is 0 Å². The number of nitriles is 2. The lowest BCUT2D eigenvalue weighted by molar-refractivity contribution is 0.0626. The van der Waals surface area contributed by atoms with E-state index in [1.807, 2.05) is 30.3 Å². The number of aliphatic hydroxyl groups excluding tert-OH is 1. The fourth-order valence-corrected chi connectivity index (χ4v) is 1.87. The second-order valence-electron chi connectivity index (χ2n) is 4.94. The molecule has 0 amide bonds. The third-order valence-corrected chi connectivity index (χ3v) is 3.06.